The average Bonchev–Trinajstić information content (AvgIpc) is 3.82. The Morgan fingerprint density at radius 1 is 0.319 bits per heavy atom. The quantitative estimate of drug-likeness (QED) is 0.0622. The smallest absolute Gasteiger partial charge is 0.425 e. The third-order valence-corrected chi connectivity index (χ3v) is 16.8. The summed E-state index contributed by atoms with van der Waals surface area (Å²) >= 11 is 0. The molecule has 0 aliphatic carbocycles. The van der Waals surface area contributed by atoms with Crippen molar-refractivity contribution in [3.05, 3.63) is 8.25 Å². The molecular formula is C33H54F20N4O8S4. The molecule has 0 radical (unpaired) electrons. The van der Waals surface area contributed by atoms with Crippen LogP contribution >= 0.6 is 0 Å². The Balaban J connectivity index is 0. The first-order valence-corrected chi connectivity index (χ1v) is 26.3. The first-order chi connectivity index (χ1) is 30.6. The van der Waals surface area contributed by atoms with Gasteiger partial charge in [0.05, 0.1) is 52.4 Å². The molecule has 2 saturated heterocycles. The maximum absolute atomic E-state index is 12.3. The lowest BCUT2D eigenvalue weighted by Gasteiger charge is -2.34. The van der Waals surface area contributed by atoms with Crippen LogP contribution in [-0.2, 0) is 40.1 Å². The summed E-state index contributed by atoms with van der Waals surface area (Å²) in [7, 11) is -30.5. The summed E-state index contributed by atoms with van der Waals surface area (Å²) in [5.41, 5.74) is 0. The van der Waals surface area contributed by atoms with Gasteiger partial charge in [-0.1, -0.05) is 47.0 Å². The number of likely N-dealkylation sites (tertiary alicyclic amines) is 2. The topological polar surface area (TPSA) is 165 Å². The normalized spacial score (nSPS) is 17.8. The number of rotatable bonds is 21. The number of quaternary nitrogens is 2. The van der Waals surface area contributed by atoms with Crippen molar-refractivity contribution in [2.75, 3.05) is 52.4 Å². The largest absolute Gasteiger partial charge is 0.467 e. The SMILES string of the molecule is CCCCCC[N+]1(CCC)CCCC1.CCCCC[N+]1(CCC)CCCC1.O=S(=O)([N-]S(=O)(=O)C(F)(F)C(F)(F)F)C(F)(F)C(F)(F)F.O=S(=O)([N-]S(=O)(=O)C(F)(F)C(F)(F)F)C(F)(F)C(F)(F)F. The second-order valence-electron chi connectivity index (χ2n) is 15.8. The van der Waals surface area contributed by atoms with Gasteiger partial charge >= 0.3 is 45.7 Å². The number of nitrogens with zero attached hydrogens (tertiary/aromatic N) is 4. The molecule has 0 spiro atoms. The molecule has 2 fully saturated rings. The van der Waals surface area contributed by atoms with Gasteiger partial charge in [0.1, 0.15) is 0 Å². The number of unbranched alkanes of at least 4 members (excludes halogenated alkanes) is 5. The van der Waals surface area contributed by atoms with Crippen LogP contribution in [0.2, 0.25) is 0 Å². The number of sulfonamides is 4. The van der Waals surface area contributed by atoms with Gasteiger partial charge in [0.15, 0.2) is 40.1 Å². The Hall–Kier alpha value is -1.76. The van der Waals surface area contributed by atoms with E-state index >= 15 is 0 Å². The van der Waals surface area contributed by atoms with Crippen LogP contribution in [0, 0.1) is 0 Å². The van der Waals surface area contributed by atoms with Crippen LogP contribution in [0.4, 0.5) is 87.8 Å². The van der Waals surface area contributed by atoms with E-state index in [1.807, 2.05) is 0 Å². The predicted octanol–water partition coefficient (Wildman–Crippen LogP) is 11.4. The Labute approximate surface area is 387 Å². The number of halogens is 20. The van der Waals surface area contributed by atoms with Gasteiger partial charge in [-0.15, -0.1) is 0 Å². The van der Waals surface area contributed by atoms with E-state index in [9.17, 15) is 121 Å². The molecule has 69 heavy (non-hydrogen) atoms. The molecule has 0 unspecified atom stereocenters. The van der Waals surface area contributed by atoms with Gasteiger partial charge < -0.3 is 17.2 Å². The molecule has 0 aromatic heterocycles. The molecule has 0 saturated carbocycles. The van der Waals surface area contributed by atoms with Crippen LogP contribution in [0.15, 0.2) is 0 Å². The molecule has 0 aromatic rings. The fourth-order valence-electron chi connectivity index (χ4n) is 6.68. The van der Waals surface area contributed by atoms with Gasteiger partial charge in [0.25, 0.3) is 0 Å². The Bertz CT molecular complexity index is 1780. The summed E-state index contributed by atoms with van der Waals surface area (Å²) in [5, 5.41) is -28.0. The molecule has 2 aliphatic heterocycles. The predicted molar refractivity (Wildman–Crippen MR) is 209 cm³/mol. The highest BCUT2D eigenvalue weighted by Gasteiger charge is 2.69. The molecule has 0 bridgehead atoms. The number of hydrogen-bond acceptors (Lipinski definition) is 8. The van der Waals surface area contributed by atoms with Gasteiger partial charge in [-0.25, -0.2) is 33.7 Å². The summed E-state index contributed by atoms with van der Waals surface area (Å²) in [4.78, 5) is 0. The Morgan fingerprint density at radius 3 is 0.710 bits per heavy atom. The highest BCUT2D eigenvalue weighted by molar-refractivity contribution is 8.13. The molecule has 2 heterocycles. The lowest BCUT2D eigenvalue weighted by atomic mass is 10.2. The molecule has 12 nitrogen and oxygen atoms in total. The zero-order valence-corrected chi connectivity index (χ0v) is 40.4. The van der Waals surface area contributed by atoms with Crippen molar-refractivity contribution in [1.29, 1.82) is 0 Å². The van der Waals surface area contributed by atoms with Crippen molar-refractivity contribution in [2.45, 2.75) is 157 Å². The lowest BCUT2D eigenvalue weighted by molar-refractivity contribution is -0.917. The van der Waals surface area contributed by atoms with E-state index in [0.29, 0.717) is 8.25 Å². The van der Waals surface area contributed by atoms with Crippen LogP contribution in [-0.4, -0.2) is 141 Å². The molecule has 2 rings (SSSR count). The monoisotopic (exact) mass is 1140 g/mol. The minimum Gasteiger partial charge on any atom is -0.425 e. The number of hydrogen-bond donors (Lipinski definition) is 0. The minimum atomic E-state index is -7.62. The van der Waals surface area contributed by atoms with E-state index in [0.717, 1.165) is 0 Å². The maximum atomic E-state index is 12.3. The maximum Gasteiger partial charge on any atom is 0.467 e. The highest BCUT2D eigenvalue weighted by Crippen LogP contribution is 2.49. The van der Waals surface area contributed by atoms with E-state index < -0.39 is 85.8 Å². The van der Waals surface area contributed by atoms with Crippen molar-refractivity contribution in [1.82, 2.24) is 0 Å². The van der Waals surface area contributed by atoms with Crippen LogP contribution in [0.25, 0.3) is 8.25 Å². The summed E-state index contributed by atoms with van der Waals surface area (Å²) in [6.45, 7) is 20.9. The number of alkyl halides is 20. The summed E-state index contributed by atoms with van der Waals surface area (Å²) in [6, 6.07) is 0. The molecule has 418 valence electrons. The van der Waals surface area contributed by atoms with E-state index in [1.54, 1.807) is 0 Å². The Kier molecular flexibility index (Phi) is 25.6. The van der Waals surface area contributed by atoms with Crippen LogP contribution < -0.4 is 0 Å². The molecule has 2 aliphatic rings. The second kappa shape index (κ2) is 25.5. The van der Waals surface area contributed by atoms with Crippen molar-refractivity contribution in [3.63, 3.8) is 0 Å². The summed E-state index contributed by atoms with van der Waals surface area (Å²) in [5.74, 6) is 0. The molecule has 36 heteroatoms. The third kappa shape index (κ3) is 18.6. The van der Waals surface area contributed by atoms with Gasteiger partial charge in [-0.3, -0.25) is 0 Å². The van der Waals surface area contributed by atoms with E-state index in [2.05, 4.69) is 27.7 Å². The lowest BCUT2D eigenvalue weighted by Crippen LogP contribution is -2.48. The third-order valence-electron chi connectivity index (χ3n) is 10.2. The fraction of sp³-hybridized carbons (Fsp3) is 1.00. The van der Waals surface area contributed by atoms with Gasteiger partial charge in [0, 0.05) is 25.7 Å². The standard InChI is InChI=1S/C13H28N.C12H26N.2C4F10NO4S2/c1-3-5-6-7-11-14(10-4-2)12-8-9-13-14;1-3-5-6-10-13(9-4-2)11-7-8-12-13;2*5-1(6,7)3(11,12)20(16,17)15-21(18,19)4(13,14)2(8,9)10/h3-13H2,1-2H3;3-12H2,1-2H3;;/q2*+1;2*-1. The van der Waals surface area contributed by atoms with Crippen LogP contribution in [0.5, 0.6) is 0 Å². The van der Waals surface area contributed by atoms with E-state index in [4.69, 9.17) is 0 Å². The summed E-state index contributed by atoms with van der Waals surface area (Å²) in [6.07, 6.45) is -9.37. The van der Waals surface area contributed by atoms with Gasteiger partial charge in [0.2, 0.25) is 0 Å². The van der Waals surface area contributed by atoms with Crippen molar-refractivity contribution in [3.8, 4) is 0 Å². The molecule has 0 amide bonds. The molecule has 0 N–H and O–H groups in total. The minimum absolute atomic E-state index is 0.422. The Morgan fingerprint density at radius 2 is 0.522 bits per heavy atom. The van der Waals surface area contributed by atoms with Gasteiger partial charge in [-0.2, -0.15) is 87.8 Å². The first kappa shape index (κ1) is 69.3. The molecule has 0 atom stereocenters. The van der Waals surface area contributed by atoms with Crippen molar-refractivity contribution in [2.24, 2.45) is 0 Å². The molecule has 0 aromatic carbocycles. The summed E-state index contributed by atoms with van der Waals surface area (Å²) < 4.78 is 325. The first-order valence-electron chi connectivity index (χ1n) is 20.5. The molecular weight excluding hydrogens is 1090 g/mol. The van der Waals surface area contributed by atoms with Crippen molar-refractivity contribution >= 4 is 40.1 Å². The fourth-order valence-corrected chi connectivity index (χ4v) is 11.4. The zero-order chi connectivity index (χ0) is 55.3. The second-order valence-corrected chi connectivity index (χ2v) is 22.8. The highest BCUT2D eigenvalue weighted by atomic mass is 32.3. The zero-order valence-electron chi connectivity index (χ0n) is 37.1. The average molecular weight is 1140 g/mol. The van der Waals surface area contributed by atoms with Crippen LogP contribution in [0.1, 0.15) is 111 Å². The van der Waals surface area contributed by atoms with Gasteiger partial charge in [-0.05, 0) is 38.5 Å². The van der Waals surface area contributed by atoms with Crippen LogP contribution in [0.3, 0.4) is 0 Å². The van der Waals surface area contributed by atoms with Crippen molar-refractivity contribution < 1.29 is 130 Å². The van der Waals surface area contributed by atoms with E-state index in [1.165, 1.54) is 145 Å². The van der Waals surface area contributed by atoms with E-state index in [-0.39, 0.29) is 0 Å².